The van der Waals surface area contributed by atoms with Crippen LogP contribution in [0.3, 0.4) is 0 Å². The average Bonchev–Trinajstić information content (AvgIpc) is 2.77. The molecule has 2 rings (SSSR count). The highest BCUT2D eigenvalue weighted by atomic mass is 35.5. The van der Waals surface area contributed by atoms with Crippen molar-refractivity contribution in [3.8, 4) is 11.4 Å². The van der Waals surface area contributed by atoms with Gasteiger partial charge in [-0.05, 0) is 35.8 Å². The Hall–Kier alpha value is -1.46. The first-order valence-electron chi connectivity index (χ1n) is 5.77. The number of hydrogen-bond acceptors (Lipinski definition) is 4. The second kappa shape index (κ2) is 5.27. The van der Waals surface area contributed by atoms with Crippen molar-refractivity contribution in [2.24, 2.45) is 0 Å². The van der Waals surface area contributed by atoms with Crippen molar-refractivity contribution in [1.29, 1.82) is 0 Å². The van der Waals surface area contributed by atoms with E-state index in [1.165, 1.54) is 17.7 Å². The van der Waals surface area contributed by atoms with Crippen LogP contribution in [0.2, 0.25) is 5.02 Å². The molecule has 4 nitrogen and oxygen atoms in total. The molecule has 6 heteroatoms. The van der Waals surface area contributed by atoms with E-state index in [0.29, 0.717) is 15.9 Å². The lowest BCUT2D eigenvalue weighted by atomic mass is 10.1. The molecular weight excluding hydrogens is 282 g/mol. The zero-order valence-corrected chi connectivity index (χ0v) is 12.5. The van der Waals surface area contributed by atoms with Gasteiger partial charge in [-0.15, -0.1) is 0 Å². The Bertz CT molecular complexity index is 599. The highest BCUT2D eigenvalue weighted by Gasteiger charge is 2.19. The van der Waals surface area contributed by atoms with Crippen molar-refractivity contribution in [3.05, 3.63) is 39.5 Å². The highest BCUT2D eigenvalue weighted by molar-refractivity contribution is 7.07. The first-order valence-corrected chi connectivity index (χ1v) is 6.92. The first kappa shape index (κ1) is 14.0. The predicted molar refractivity (Wildman–Crippen MR) is 78.9 cm³/mol. The van der Waals surface area contributed by atoms with Gasteiger partial charge in [-0.25, -0.2) is 9.72 Å². The number of nitrogens with zero attached hydrogens (tertiary/aromatic N) is 3. The molecule has 0 spiro atoms. The second-order valence-corrected chi connectivity index (χ2v) is 6.31. The summed E-state index contributed by atoms with van der Waals surface area (Å²) in [4.78, 5) is 4.33. The van der Waals surface area contributed by atoms with Gasteiger partial charge in [-0.2, -0.15) is 4.37 Å². The second-order valence-electron chi connectivity index (χ2n) is 5.09. The molecule has 0 N–H and O–H groups in total. The summed E-state index contributed by atoms with van der Waals surface area (Å²) < 4.78 is 5.13. The molecular formula is C13H14ClN3OS. The number of halogens is 1. The summed E-state index contributed by atoms with van der Waals surface area (Å²) >= 11 is 7.03. The molecule has 2 aromatic rings. The van der Waals surface area contributed by atoms with Crippen molar-refractivity contribution in [2.75, 3.05) is 0 Å². The van der Waals surface area contributed by atoms with Crippen LogP contribution >= 0.6 is 23.1 Å². The van der Waals surface area contributed by atoms with Crippen LogP contribution in [0, 0.1) is 5.21 Å². The van der Waals surface area contributed by atoms with Gasteiger partial charge in [0.2, 0.25) is 11.2 Å². The van der Waals surface area contributed by atoms with Crippen molar-refractivity contribution >= 4 is 29.3 Å². The fraction of sp³-hybridized carbons (Fsp3) is 0.308. The third kappa shape index (κ3) is 3.52. The van der Waals surface area contributed by atoms with E-state index < -0.39 is 5.54 Å². The van der Waals surface area contributed by atoms with Crippen LogP contribution in [0.1, 0.15) is 25.8 Å². The Balaban J connectivity index is 2.27. The Morgan fingerprint density at radius 2 is 1.89 bits per heavy atom. The Kier molecular flexibility index (Phi) is 3.87. The van der Waals surface area contributed by atoms with Gasteiger partial charge < -0.3 is 5.21 Å². The van der Waals surface area contributed by atoms with E-state index >= 15 is 0 Å². The lowest BCUT2D eigenvalue weighted by molar-refractivity contribution is -0.530. The smallest absolute Gasteiger partial charge is 0.212 e. The Morgan fingerprint density at radius 1 is 1.26 bits per heavy atom. The zero-order chi connectivity index (χ0) is 14.0. The number of rotatable bonds is 2. The van der Waals surface area contributed by atoms with Gasteiger partial charge >= 0.3 is 0 Å². The topological polar surface area (TPSA) is 51.9 Å². The molecule has 0 saturated carbocycles. The molecule has 0 fully saturated rings. The van der Waals surface area contributed by atoms with Gasteiger partial charge in [0.05, 0.1) is 0 Å². The van der Waals surface area contributed by atoms with Crippen molar-refractivity contribution in [1.82, 2.24) is 9.36 Å². The van der Waals surface area contributed by atoms with Crippen molar-refractivity contribution in [3.63, 3.8) is 0 Å². The van der Waals surface area contributed by atoms with E-state index in [1.807, 2.05) is 32.9 Å². The highest BCUT2D eigenvalue weighted by Crippen LogP contribution is 2.20. The summed E-state index contributed by atoms with van der Waals surface area (Å²) in [7, 11) is 0. The van der Waals surface area contributed by atoms with Gasteiger partial charge in [-0.1, -0.05) is 11.6 Å². The molecule has 0 aliphatic heterocycles. The third-order valence-electron chi connectivity index (χ3n) is 2.43. The summed E-state index contributed by atoms with van der Waals surface area (Å²) in [5, 5.41) is 13.1. The molecule has 0 bridgehead atoms. The van der Waals surface area contributed by atoms with Crippen LogP contribution in [0.15, 0.2) is 24.3 Å². The Morgan fingerprint density at radius 3 is 2.47 bits per heavy atom. The summed E-state index contributed by atoms with van der Waals surface area (Å²) in [6.45, 7) is 5.53. The van der Waals surface area contributed by atoms with E-state index in [4.69, 9.17) is 11.6 Å². The third-order valence-corrected chi connectivity index (χ3v) is 3.33. The molecule has 1 heterocycles. The molecule has 0 atom stereocenters. The molecule has 0 radical (unpaired) electrons. The molecule has 0 amide bonds. The van der Waals surface area contributed by atoms with Crippen LogP contribution < -0.4 is 0 Å². The van der Waals surface area contributed by atoms with Crippen LogP contribution in [0.4, 0.5) is 0 Å². The zero-order valence-electron chi connectivity index (χ0n) is 10.9. The largest absolute Gasteiger partial charge is 0.623 e. The molecule has 1 aromatic carbocycles. The molecule has 19 heavy (non-hydrogen) atoms. The maximum Gasteiger partial charge on any atom is 0.212 e. The predicted octanol–water partition coefficient (Wildman–Crippen LogP) is 3.59. The van der Waals surface area contributed by atoms with Crippen LogP contribution in [-0.4, -0.2) is 25.8 Å². The van der Waals surface area contributed by atoms with Gasteiger partial charge in [-0.3, -0.25) is 0 Å². The van der Waals surface area contributed by atoms with Gasteiger partial charge in [0.25, 0.3) is 0 Å². The van der Waals surface area contributed by atoms with E-state index in [-0.39, 0.29) is 0 Å². The lowest BCUT2D eigenvalue weighted by Gasteiger charge is -2.17. The molecule has 0 saturated heterocycles. The van der Waals surface area contributed by atoms with E-state index in [0.717, 1.165) is 10.3 Å². The minimum atomic E-state index is -0.480. The fourth-order valence-corrected chi connectivity index (χ4v) is 2.02. The maximum atomic E-state index is 11.8. The number of hydroxylamine groups is 1. The number of hydrogen-bond donors (Lipinski definition) is 0. The summed E-state index contributed by atoms with van der Waals surface area (Å²) in [6, 6.07) is 7.28. The summed E-state index contributed by atoms with van der Waals surface area (Å²) in [5.74, 6) is 0.607. The minimum Gasteiger partial charge on any atom is -0.623 e. The van der Waals surface area contributed by atoms with Gasteiger partial charge in [0.1, 0.15) is 0 Å². The first-order chi connectivity index (χ1) is 8.86. The van der Waals surface area contributed by atoms with Crippen LogP contribution in [0.5, 0.6) is 0 Å². The minimum absolute atomic E-state index is 0.480. The quantitative estimate of drug-likeness (QED) is 0.368. The Labute approximate surface area is 121 Å². The van der Waals surface area contributed by atoms with Crippen LogP contribution in [0.25, 0.3) is 11.4 Å². The summed E-state index contributed by atoms with van der Waals surface area (Å²) in [6.07, 6.45) is 1.47. The van der Waals surface area contributed by atoms with E-state index in [2.05, 4.69) is 9.36 Å². The summed E-state index contributed by atoms with van der Waals surface area (Å²) in [5.41, 5.74) is 0.403. The van der Waals surface area contributed by atoms with Gasteiger partial charge in [0, 0.05) is 31.4 Å². The van der Waals surface area contributed by atoms with Crippen LogP contribution in [-0.2, 0) is 0 Å². The van der Waals surface area contributed by atoms with E-state index in [9.17, 15) is 5.21 Å². The van der Waals surface area contributed by atoms with Crippen molar-refractivity contribution in [2.45, 2.75) is 26.3 Å². The average molecular weight is 296 g/mol. The SMILES string of the molecule is CC(C)(C)/[N+]([O-])=C/c1nc(-c2ccc(Cl)cc2)ns1. The molecule has 0 aliphatic rings. The standard InChI is InChI=1S/C13H14ClN3OS/c1-13(2,3)17(18)8-11-15-12(16-19-11)9-4-6-10(14)7-5-9/h4-8H,1-3H3/b17-8-. The molecule has 1 aromatic heterocycles. The fourth-order valence-electron chi connectivity index (χ4n) is 1.30. The molecule has 100 valence electrons. The van der Waals surface area contributed by atoms with Gasteiger partial charge in [0.15, 0.2) is 11.4 Å². The monoisotopic (exact) mass is 295 g/mol. The van der Waals surface area contributed by atoms with E-state index in [1.54, 1.807) is 12.1 Å². The normalized spacial score (nSPS) is 12.7. The molecule has 0 aliphatic carbocycles. The molecule has 0 unspecified atom stereocenters. The number of aromatic nitrogens is 2. The van der Waals surface area contributed by atoms with Crippen molar-refractivity contribution < 1.29 is 4.74 Å². The number of benzene rings is 1. The lowest BCUT2D eigenvalue weighted by Crippen LogP contribution is -2.29. The maximum absolute atomic E-state index is 11.8.